The van der Waals surface area contributed by atoms with Crippen molar-refractivity contribution >= 4 is 18.3 Å². The van der Waals surface area contributed by atoms with Gasteiger partial charge in [0.05, 0.1) is 5.56 Å². The number of rotatable bonds is 8. The summed E-state index contributed by atoms with van der Waals surface area (Å²) < 4.78 is 43.2. The molecule has 1 fully saturated rings. The van der Waals surface area contributed by atoms with Crippen molar-refractivity contribution in [2.45, 2.75) is 38.5 Å². The lowest BCUT2D eigenvalue weighted by molar-refractivity contribution is -0.137. The number of ether oxygens (including phenoxy) is 1. The van der Waals surface area contributed by atoms with Crippen LogP contribution in [-0.4, -0.2) is 43.4 Å². The van der Waals surface area contributed by atoms with Gasteiger partial charge in [0.15, 0.2) is 0 Å². The first kappa shape index (κ1) is 24.5. The van der Waals surface area contributed by atoms with E-state index in [2.05, 4.69) is 17.6 Å². The SMILES string of the molecule is CC(CC(=O)NCC(O)COc1cccc(C(F)(F)F)c1)C1CCNCC1.Cl. The topological polar surface area (TPSA) is 70.6 Å². The second-order valence-corrected chi connectivity index (χ2v) is 7.06. The summed E-state index contributed by atoms with van der Waals surface area (Å²) in [6.45, 7) is 3.80. The Morgan fingerprint density at radius 1 is 1.36 bits per heavy atom. The Bertz CT molecular complexity index is 610. The van der Waals surface area contributed by atoms with Crippen molar-refractivity contribution < 1.29 is 27.8 Å². The lowest BCUT2D eigenvalue weighted by Gasteiger charge is -2.28. The van der Waals surface area contributed by atoms with Crippen molar-refractivity contribution in [1.82, 2.24) is 10.6 Å². The van der Waals surface area contributed by atoms with E-state index in [1.165, 1.54) is 12.1 Å². The predicted molar refractivity (Wildman–Crippen MR) is 103 cm³/mol. The van der Waals surface area contributed by atoms with Crippen LogP contribution in [-0.2, 0) is 11.0 Å². The van der Waals surface area contributed by atoms with E-state index >= 15 is 0 Å². The minimum Gasteiger partial charge on any atom is -0.491 e. The van der Waals surface area contributed by atoms with Crippen LogP contribution in [0.25, 0.3) is 0 Å². The number of nitrogens with one attached hydrogen (secondary N) is 2. The summed E-state index contributed by atoms with van der Waals surface area (Å²) in [4.78, 5) is 12.0. The van der Waals surface area contributed by atoms with Gasteiger partial charge in [0, 0.05) is 13.0 Å². The first-order chi connectivity index (χ1) is 12.8. The summed E-state index contributed by atoms with van der Waals surface area (Å²) in [5.74, 6) is 0.672. The Kier molecular flexibility index (Phi) is 10.1. The average Bonchev–Trinajstić information content (AvgIpc) is 2.65. The molecule has 0 aromatic heterocycles. The molecule has 160 valence electrons. The van der Waals surface area contributed by atoms with Gasteiger partial charge in [0.25, 0.3) is 0 Å². The van der Waals surface area contributed by atoms with Crippen LogP contribution < -0.4 is 15.4 Å². The predicted octanol–water partition coefficient (Wildman–Crippen LogP) is 3.01. The zero-order valence-corrected chi connectivity index (χ0v) is 16.6. The highest BCUT2D eigenvalue weighted by Crippen LogP contribution is 2.31. The third-order valence-corrected chi connectivity index (χ3v) is 4.83. The summed E-state index contributed by atoms with van der Waals surface area (Å²) in [7, 11) is 0. The molecule has 1 saturated heterocycles. The van der Waals surface area contributed by atoms with Crippen LogP contribution >= 0.6 is 12.4 Å². The monoisotopic (exact) mass is 424 g/mol. The molecule has 28 heavy (non-hydrogen) atoms. The third kappa shape index (κ3) is 8.24. The lowest BCUT2D eigenvalue weighted by Crippen LogP contribution is -2.37. The van der Waals surface area contributed by atoms with Crippen LogP contribution in [0, 0.1) is 11.8 Å². The summed E-state index contributed by atoms with van der Waals surface area (Å²) in [5, 5.41) is 15.9. The Labute approximate surface area is 169 Å². The van der Waals surface area contributed by atoms with Crippen molar-refractivity contribution in [2.75, 3.05) is 26.2 Å². The second kappa shape index (κ2) is 11.5. The van der Waals surface area contributed by atoms with Crippen LogP contribution in [0.3, 0.4) is 0 Å². The van der Waals surface area contributed by atoms with Crippen molar-refractivity contribution in [3.63, 3.8) is 0 Å². The van der Waals surface area contributed by atoms with Gasteiger partial charge in [-0.15, -0.1) is 12.4 Å². The first-order valence-corrected chi connectivity index (χ1v) is 9.21. The van der Waals surface area contributed by atoms with E-state index in [1.807, 2.05) is 0 Å². The quantitative estimate of drug-likeness (QED) is 0.600. The van der Waals surface area contributed by atoms with E-state index in [0.717, 1.165) is 38.1 Å². The second-order valence-electron chi connectivity index (χ2n) is 7.06. The van der Waals surface area contributed by atoms with Gasteiger partial charge in [-0.25, -0.2) is 0 Å². The van der Waals surface area contributed by atoms with E-state index in [4.69, 9.17) is 4.74 Å². The molecule has 3 N–H and O–H groups in total. The molecule has 2 unspecified atom stereocenters. The van der Waals surface area contributed by atoms with E-state index in [1.54, 1.807) is 0 Å². The number of carbonyl (C=O) groups is 1. The van der Waals surface area contributed by atoms with Gasteiger partial charge in [-0.2, -0.15) is 13.2 Å². The molecule has 2 rings (SSSR count). The van der Waals surface area contributed by atoms with Crippen LogP contribution in [0.1, 0.15) is 31.7 Å². The summed E-state index contributed by atoms with van der Waals surface area (Å²) in [6.07, 6.45) is -2.94. The Morgan fingerprint density at radius 2 is 2.04 bits per heavy atom. The molecule has 1 aliphatic heterocycles. The van der Waals surface area contributed by atoms with Crippen molar-refractivity contribution in [1.29, 1.82) is 0 Å². The zero-order valence-electron chi connectivity index (χ0n) is 15.8. The molecule has 1 aliphatic rings. The van der Waals surface area contributed by atoms with Gasteiger partial charge in [0.2, 0.25) is 5.91 Å². The minimum atomic E-state index is -4.45. The summed E-state index contributed by atoms with van der Waals surface area (Å²) in [5.41, 5.74) is -0.810. The minimum absolute atomic E-state index is 0. The molecule has 1 amide bonds. The maximum Gasteiger partial charge on any atom is 0.416 e. The van der Waals surface area contributed by atoms with Gasteiger partial charge in [-0.05, 0) is 56.0 Å². The third-order valence-electron chi connectivity index (χ3n) is 4.83. The number of aliphatic hydroxyl groups is 1. The molecule has 5 nitrogen and oxygen atoms in total. The fourth-order valence-electron chi connectivity index (χ4n) is 3.19. The molecule has 0 saturated carbocycles. The first-order valence-electron chi connectivity index (χ1n) is 9.21. The number of hydrogen-bond acceptors (Lipinski definition) is 4. The Hall–Kier alpha value is -1.51. The van der Waals surface area contributed by atoms with Gasteiger partial charge in [0.1, 0.15) is 18.5 Å². The molecule has 0 bridgehead atoms. The highest BCUT2D eigenvalue weighted by Gasteiger charge is 2.30. The number of alkyl halides is 3. The molecule has 2 atom stereocenters. The molecule has 1 heterocycles. The van der Waals surface area contributed by atoms with E-state index in [-0.39, 0.29) is 43.1 Å². The standard InChI is InChI=1S/C19H27F3N2O3.ClH/c1-13(14-5-7-23-8-6-14)9-18(26)24-11-16(25)12-27-17-4-2-3-15(10-17)19(20,21)22;/h2-4,10,13-14,16,23,25H,5-9,11-12H2,1H3,(H,24,26);1H. The molecule has 9 heteroatoms. The fraction of sp³-hybridized carbons (Fsp3) is 0.632. The zero-order chi connectivity index (χ0) is 19.9. The Balaban J connectivity index is 0.00000392. The van der Waals surface area contributed by atoms with Crippen LogP contribution in [0.5, 0.6) is 5.75 Å². The lowest BCUT2D eigenvalue weighted by atomic mass is 9.84. The number of amides is 1. The van der Waals surface area contributed by atoms with Gasteiger partial charge >= 0.3 is 6.18 Å². The largest absolute Gasteiger partial charge is 0.491 e. The number of piperidine rings is 1. The smallest absolute Gasteiger partial charge is 0.416 e. The highest BCUT2D eigenvalue weighted by molar-refractivity contribution is 5.85. The average molecular weight is 425 g/mol. The van der Waals surface area contributed by atoms with Crippen molar-refractivity contribution in [2.24, 2.45) is 11.8 Å². The van der Waals surface area contributed by atoms with E-state index in [0.29, 0.717) is 12.3 Å². The number of carbonyl (C=O) groups excluding carboxylic acids is 1. The molecular formula is C19H28ClF3N2O3. The summed E-state index contributed by atoms with van der Waals surface area (Å²) in [6, 6.07) is 4.47. The maximum atomic E-state index is 12.7. The molecule has 0 spiro atoms. The summed E-state index contributed by atoms with van der Waals surface area (Å²) >= 11 is 0. The number of benzene rings is 1. The maximum absolute atomic E-state index is 12.7. The highest BCUT2D eigenvalue weighted by atomic mass is 35.5. The molecule has 0 radical (unpaired) electrons. The molecule has 1 aromatic carbocycles. The molecule has 1 aromatic rings. The van der Waals surface area contributed by atoms with E-state index < -0.39 is 17.8 Å². The fourth-order valence-corrected chi connectivity index (χ4v) is 3.19. The van der Waals surface area contributed by atoms with Gasteiger partial charge in [-0.3, -0.25) is 4.79 Å². The number of hydrogen-bond donors (Lipinski definition) is 3. The number of halogens is 4. The van der Waals surface area contributed by atoms with Crippen molar-refractivity contribution in [3.8, 4) is 5.75 Å². The number of aliphatic hydroxyl groups excluding tert-OH is 1. The van der Waals surface area contributed by atoms with Crippen LogP contribution in [0.2, 0.25) is 0 Å². The Morgan fingerprint density at radius 3 is 2.68 bits per heavy atom. The van der Waals surface area contributed by atoms with E-state index in [9.17, 15) is 23.1 Å². The molecule has 0 aliphatic carbocycles. The van der Waals surface area contributed by atoms with Crippen molar-refractivity contribution in [3.05, 3.63) is 29.8 Å². The normalized spacial score (nSPS) is 17.3. The molecular weight excluding hydrogens is 397 g/mol. The van der Waals surface area contributed by atoms with Gasteiger partial charge in [-0.1, -0.05) is 13.0 Å². The van der Waals surface area contributed by atoms with Crippen LogP contribution in [0.4, 0.5) is 13.2 Å². The van der Waals surface area contributed by atoms with Gasteiger partial charge < -0.3 is 20.5 Å². The van der Waals surface area contributed by atoms with Crippen LogP contribution in [0.15, 0.2) is 24.3 Å².